The van der Waals surface area contributed by atoms with E-state index in [9.17, 15) is 19.4 Å². The van der Waals surface area contributed by atoms with Crippen LogP contribution in [0.3, 0.4) is 0 Å². The first-order valence-corrected chi connectivity index (χ1v) is 8.27. The van der Waals surface area contributed by atoms with Gasteiger partial charge in [0.25, 0.3) is 5.91 Å². The molecule has 0 unspecified atom stereocenters. The number of benzene rings is 2. The Hall–Kier alpha value is -2.24. The van der Waals surface area contributed by atoms with Crippen molar-refractivity contribution in [3.8, 4) is 0 Å². The van der Waals surface area contributed by atoms with Gasteiger partial charge in [0.2, 0.25) is 0 Å². The smallest absolute Gasteiger partial charge is 0.251 e. The van der Waals surface area contributed by atoms with E-state index in [-0.39, 0.29) is 18.3 Å². The maximum Gasteiger partial charge on any atom is 0.251 e. The minimum absolute atomic E-state index is 0.277. The van der Waals surface area contributed by atoms with E-state index in [0.29, 0.717) is 17.5 Å². The third kappa shape index (κ3) is 5.96. The third-order valence-corrected chi connectivity index (χ3v) is 4.00. The van der Waals surface area contributed by atoms with Crippen molar-refractivity contribution in [1.29, 1.82) is 0 Å². The second kappa shape index (κ2) is 8.23. The largest absolute Gasteiger partial charge is 0.394 e. The number of aliphatic hydroxyl groups is 2. The average molecular weight is 345 g/mol. The van der Waals surface area contributed by atoms with Gasteiger partial charge < -0.3 is 15.5 Å². The van der Waals surface area contributed by atoms with Crippen LogP contribution < -0.4 is 5.32 Å². The van der Waals surface area contributed by atoms with Crippen LogP contribution in [0.4, 0.5) is 4.39 Å². The Morgan fingerprint density at radius 2 is 1.72 bits per heavy atom. The number of amides is 1. The molecule has 0 aliphatic heterocycles. The van der Waals surface area contributed by atoms with Gasteiger partial charge in [0.1, 0.15) is 5.82 Å². The van der Waals surface area contributed by atoms with Crippen LogP contribution in [0, 0.1) is 5.82 Å². The second-order valence-electron chi connectivity index (χ2n) is 6.77. The highest BCUT2D eigenvalue weighted by atomic mass is 19.1. The van der Waals surface area contributed by atoms with Crippen LogP contribution in [-0.4, -0.2) is 28.3 Å². The summed E-state index contributed by atoms with van der Waals surface area (Å²) in [5.41, 5.74) is 1.43. The summed E-state index contributed by atoms with van der Waals surface area (Å²) in [7, 11) is 0. The Kier molecular flexibility index (Phi) is 6.28. The molecule has 0 saturated carbocycles. The normalized spacial score (nSPS) is 12.7. The van der Waals surface area contributed by atoms with Crippen LogP contribution in [0.5, 0.6) is 0 Å². The standard InChI is InChI=1S/C20H24FNO3/c1-20(2,25)12-11-14-3-5-16(6-4-14)19(24)22-18(13-23)15-7-9-17(21)10-8-15/h3-10,18,23,25H,11-13H2,1-2H3,(H,22,24)/t18-/m1/s1. The van der Waals surface area contributed by atoms with Crippen LogP contribution in [0.25, 0.3) is 0 Å². The van der Waals surface area contributed by atoms with Gasteiger partial charge in [0.15, 0.2) is 0 Å². The Bertz CT molecular complexity index is 690. The maximum atomic E-state index is 13.0. The molecule has 2 rings (SSSR count). The number of aliphatic hydroxyl groups excluding tert-OH is 1. The quantitative estimate of drug-likeness (QED) is 0.722. The van der Waals surface area contributed by atoms with Crippen LogP contribution >= 0.6 is 0 Å². The number of nitrogens with one attached hydrogen (secondary N) is 1. The van der Waals surface area contributed by atoms with Gasteiger partial charge in [-0.2, -0.15) is 0 Å². The molecule has 5 heteroatoms. The van der Waals surface area contributed by atoms with Gasteiger partial charge in [-0.15, -0.1) is 0 Å². The van der Waals surface area contributed by atoms with Crippen molar-refractivity contribution in [3.05, 3.63) is 71.0 Å². The first kappa shape index (κ1) is 19.1. The highest BCUT2D eigenvalue weighted by Crippen LogP contribution is 2.16. The van der Waals surface area contributed by atoms with Gasteiger partial charge in [-0.1, -0.05) is 24.3 Å². The minimum atomic E-state index is -0.723. The molecule has 1 amide bonds. The van der Waals surface area contributed by atoms with E-state index in [1.54, 1.807) is 26.0 Å². The van der Waals surface area contributed by atoms with Gasteiger partial charge in [0.05, 0.1) is 18.2 Å². The Balaban J connectivity index is 2.00. The van der Waals surface area contributed by atoms with Gasteiger partial charge >= 0.3 is 0 Å². The molecule has 134 valence electrons. The number of carbonyl (C=O) groups excluding carboxylic acids is 1. The number of aryl methyl sites for hydroxylation is 1. The maximum absolute atomic E-state index is 13.0. The first-order valence-electron chi connectivity index (χ1n) is 8.27. The number of hydrogen-bond donors (Lipinski definition) is 3. The molecule has 1 atom stereocenters. The third-order valence-electron chi connectivity index (χ3n) is 4.00. The Morgan fingerprint density at radius 1 is 1.12 bits per heavy atom. The van der Waals surface area contributed by atoms with Crippen molar-refractivity contribution in [2.45, 2.75) is 38.3 Å². The second-order valence-corrected chi connectivity index (χ2v) is 6.77. The SMILES string of the molecule is CC(C)(O)CCc1ccc(C(=O)N[C@H](CO)c2ccc(F)cc2)cc1. The molecular weight excluding hydrogens is 321 g/mol. The summed E-state index contributed by atoms with van der Waals surface area (Å²) in [6, 6.07) is 12.2. The lowest BCUT2D eigenvalue weighted by Crippen LogP contribution is -2.30. The van der Waals surface area contributed by atoms with Gasteiger partial charge in [-0.3, -0.25) is 4.79 Å². The van der Waals surface area contributed by atoms with Gasteiger partial charge in [-0.05, 0) is 62.1 Å². The number of rotatable bonds is 7. The molecule has 2 aromatic carbocycles. The minimum Gasteiger partial charge on any atom is -0.394 e. The van der Waals surface area contributed by atoms with E-state index in [1.165, 1.54) is 24.3 Å². The molecule has 2 aromatic rings. The molecule has 0 aliphatic rings. The van der Waals surface area contributed by atoms with Crippen LogP contribution in [0.15, 0.2) is 48.5 Å². The Labute approximate surface area is 147 Å². The van der Waals surface area contributed by atoms with Gasteiger partial charge in [-0.25, -0.2) is 4.39 Å². The van der Waals surface area contributed by atoms with Crippen molar-refractivity contribution in [3.63, 3.8) is 0 Å². The monoisotopic (exact) mass is 345 g/mol. The fourth-order valence-corrected chi connectivity index (χ4v) is 2.44. The summed E-state index contributed by atoms with van der Waals surface area (Å²) in [4.78, 5) is 12.3. The number of hydrogen-bond acceptors (Lipinski definition) is 3. The van der Waals surface area contributed by atoms with Crippen molar-refractivity contribution in [2.24, 2.45) is 0 Å². The molecule has 0 aromatic heterocycles. The molecule has 0 heterocycles. The first-order chi connectivity index (χ1) is 11.8. The lowest BCUT2D eigenvalue weighted by atomic mass is 9.98. The van der Waals surface area contributed by atoms with Crippen LogP contribution in [-0.2, 0) is 6.42 Å². The van der Waals surface area contributed by atoms with Gasteiger partial charge in [0, 0.05) is 5.56 Å². The zero-order valence-electron chi connectivity index (χ0n) is 14.5. The van der Waals surface area contributed by atoms with E-state index in [2.05, 4.69) is 5.32 Å². The van der Waals surface area contributed by atoms with Crippen molar-refractivity contribution in [2.75, 3.05) is 6.61 Å². The van der Waals surface area contributed by atoms with E-state index in [1.807, 2.05) is 12.1 Å². The van der Waals surface area contributed by atoms with Crippen LogP contribution in [0.1, 0.15) is 47.8 Å². The van der Waals surface area contributed by atoms with Crippen LogP contribution in [0.2, 0.25) is 0 Å². The fourth-order valence-electron chi connectivity index (χ4n) is 2.44. The molecule has 0 spiro atoms. The summed E-state index contributed by atoms with van der Waals surface area (Å²) >= 11 is 0. The molecule has 4 nitrogen and oxygen atoms in total. The lowest BCUT2D eigenvalue weighted by Gasteiger charge is -2.18. The molecule has 3 N–H and O–H groups in total. The fraction of sp³-hybridized carbons (Fsp3) is 0.350. The van der Waals surface area contributed by atoms with E-state index in [0.717, 1.165) is 12.0 Å². The molecule has 0 radical (unpaired) electrons. The summed E-state index contributed by atoms with van der Waals surface area (Å²) in [5, 5.41) is 22.0. The number of halogens is 1. The zero-order chi connectivity index (χ0) is 18.4. The molecule has 0 saturated heterocycles. The topological polar surface area (TPSA) is 69.6 Å². The Morgan fingerprint density at radius 3 is 2.24 bits per heavy atom. The van der Waals surface area contributed by atoms with Crippen molar-refractivity contribution >= 4 is 5.91 Å². The number of carbonyl (C=O) groups is 1. The molecule has 0 fully saturated rings. The van der Waals surface area contributed by atoms with E-state index in [4.69, 9.17) is 0 Å². The highest BCUT2D eigenvalue weighted by molar-refractivity contribution is 5.94. The van der Waals surface area contributed by atoms with Crippen molar-refractivity contribution in [1.82, 2.24) is 5.32 Å². The van der Waals surface area contributed by atoms with E-state index >= 15 is 0 Å². The van der Waals surface area contributed by atoms with Crippen molar-refractivity contribution < 1.29 is 19.4 Å². The predicted octanol–water partition coefficient (Wildman–Crippen LogP) is 2.99. The molecule has 0 aliphatic carbocycles. The van der Waals surface area contributed by atoms with E-state index < -0.39 is 11.6 Å². The average Bonchev–Trinajstić information content (AvgIpc) is 2.58. The summed E-state index contributed by atoms with van der Waals surface area (Å²) in [6.45, 7) is 3.25. The summed E-state index contributed by atoms with van der Waals surface area (Å²) in [5.74, 6) is -0.675. The molecule has 25 heavy (non-hydrogen) atoms. The highest BCUT2D eigenvalue weighted by Gasteiger charge is 2.16. The molecular formula is C20H24FNO3. The lowest BCUT2D eigenvalue weighted by molar-refractivity contribution is 0.0713. The molecule has 0 bridgehead atoms. The zero-order valence-corrected chi connectivity index (χ0v) is 14.5. The predicted molar refractivity (Wildman–Crippen MR) is 94.8 cm³/mol. The summed E-state index contributed by atoms with van der Waals surface area (Å²) < 4.78 is 13.0. The summed E-state index contributed by atoms with van der Waals surface area (Å²) in [6.07, 6.45) is 1.36.